The lowest BCUT2D eigenvalue weighted by Crippen LogP contribution is -2.40. The van der Waals surface area contributed by atoms with Crippen LogP contribution in [0.5, 0.6) is 0 Å². The highest BCUT2D eigenvalue weighted by molar-refractivity contribution is 7.89. The molecule has 1 saturated heterocycles. The Hall–Kier alpha value is -2.92. The Balaban J connectivity index is 1.72. The number of hydrazine groups is 1. The number of rotatable bonds is 5. The summed E-state index contributed by atoms with van der Waals surface area (Å²) < 4.78 is 28.6. The van der Waals surface area contributed by atoms with E-state index in [1.54, 1.807) is 0 Å². The highest BCUT2D eigenvalue weighted by atomic mass is 32.2. The van der Waals surface area contributed by atoms with Gasteiger partial charge >= 0.3 is 5.69 Å². The van der Waals surface area contributed by atoms with Crippen molar-refractivity contribution in [3.8, 4) is 0 Å². The van der Waals surface area contributed by atoms with Crippen LogP contribution in [0.2, 0.25) is 0 Å². The van der Waals surface area contributed by atoms with Gasteiger partial charge in [0.15, 0.2) is 0 Å². The summed E-state index contributed by atoms with van der Waals surface area (Å²) >= 11 is 0. The predicted octanol–water partition coefficient (Wildman–Crippen LogP) is -0.375. The van der Waals surface area contributed by atoms with Gasteiger partial charge in [0.05, 0.1) is 4.90 Å². The van der Waals surface area contributed by atoms with Crippen LogP contribution < -0.4 is 22.1 Å². The zero-order valence-electron chi connectivity index (χ0n) is 15.5. The van der Waals surface area contributed by atoms with E-state index in [1.165, 1.54) is 53.3 Å². The van der Waals surface area contributed by atoms with Crippen molar-refractivity contribution in [1.82, 2.24) is 18.9 Å². The average molecular weight is 407 g/mol. The fraction of sp³-hybridized carbons (Fsp3) is 0.353. The van der Waals surface area contributed by atoms with Crippen molar-refractivity contribution in [2.75, 3.05) is 18.5 Å². The molecule has 2 aromatic rings. The molecule has 28 heavy (non-hydrogen) atoms. The third-order valence-corrected chi connectivity index (χ3v) is 6.56. The van der Waals surface area contributed by atoms with E-state index < -0.39 is 27.2 Å². The summed E-state index contributed by atoms with van der Waals surface area (Å²) in [5, 5.41) is 0. The zero-order chi connectivity index (χ0) is 20.5. The molecule has 0 radical (unpaired) electrons. The number of carbonyl (C=O) groups is 1. The second-order valence-electron chi connectivity index (χ2n) is 6.48. The van der Waals surface area contributed by atoms with Gasteiger partial charge in [-0.2, -0.15) is 4.31 Å². The van der Waals surface area contributed by atoms with Crippen molar-refractivity contribution >= 4 is 21.7 Å². The minimum atomic E-state index is -3.54. The summed E-state index contributed by atoms with van der Waals surface area (Å²) in [5.74, 6) is -0.423. The van der Waals surface area contributed by atoms with Gasteiger partial charge in [0.25, 0.3) is 11.5 Å². The van der Waals surface area contributed by atoms with Crippen molar-refractivity contribution in [1.29, 1.82) is 0 Å². The Kier molecular flexibility index (Phi) is 5.38. The molecule has 0 unspecified atom stereocenters. The average Bonchev–Trinajstić information content (AvgIpc) is 3.23. The number of nitrogens with zero attached hydrogens (tertiary/aromatic N) is 3. The van der Waals surface area contributed by atoms with Gasteiger partial charge in [-0.25, -0.2) is 13.2 Å². The molecular weight excluding hydrogens is 386 g/mol. The molecule has 0 aliphatic carbocycles. The van der Waals surface area contributed by atoms with Crippen LogP contribution in [0.25, 0.3) is 0 Å². The third kappa shape index (κ3) is 3.71. The van der Waals surface area contributed by atoms with Crippen LogP contribution >= 0.6 is 0 Å². The molecule has 1 fully saturated rings. The molecule has 150 valence electrons. The predicted molar refractivity (Wildman–Crippen MR) is 102 cm³/mol. The monoisotopic (exact) mass is 407 g/mol. The van der Waals surface area contributed by atoms with Crippen molar-refractivity contribution < 1.29 is 13.2 Å². The molecule has 2 N–H and O–H groups in total. The van der Waals surface area contributed by atoms with Crippen LogP contribution in [0.3, 0.4) is 0 Å². The van der Waals surface area contributed by atoms with E-state index in [-0.39, 0.29) is 16.3 Å². The first-order valence-corrected chi connectivity index (χ1v) is 10.1. The molecule has 0 saturated carbocycles. The maximum absolute atomic E-state index is 12.5. The summed E-state index contributed by atoms with van der Waals surface area (Å²) in [6.45, 7) is 1.01. The molecule has 0 spiro atoms. The summed E-state index contributed by atoms with van der Waals surface area (Å²) in [6.07, 6.45) is 1.69. The summed E-state index contributed by atoms with van der Waals surface area (Å²) in [6, 6.07) is 6.76. The van der Waals surface area contributed by atoms with Gasteiger partial charge in [-0.3, -0.25) is 29.6 Å². The van der Waals surface area contributed by atoms with Crippen LogP contribution in [0, 0.1) is 0 Å². The molecule has 1 aliphatic heterocycles. The van der Waals surface area contributed by atoms with Crippen molar-refractivity contribution in [3.05, 3.63) is 56.7 Å². The van der Waals surface area contributed by atoms with E-state index in [0.717, 1.165) is 17.4 Å². The number of amides is 1. The van der Waals surface area contributed by atoms with Gasteiger partial charge in [0.1, 0.15) is 5.82 Å². The van der Waals surface area contributed by atoms with E-state index in [0.29, 0.717) is 13.1 Å². The van der Waals surface area contributed by atoms with Crippen LogP contribution in [-0.2, 0) is 24.1 Å². The number of sulfonamides is 1. The van der Waals surface area contributed by atoms with Gasteiger partial charge in [-0.1, -0.05) is 0 Å². The smallest absolute Gasteiger partial charge is 0.283 e. The Labute approximate surface area is 161 Å². The first-order chi connectivity index (χ1) is 13.2. The number of carbonyl (C=O) groups excluding carboxylic acids is 1. The maximum Gasteiger partial charge on any atom is 0.332 e. The molecule has 2 heterocycles. The van der Waals surface area contributed by atoms with Gasteiger partial charge in [-0.05, 0) is 37.1 Å². The molecular formula is C17H21N5O5S. The SMILES string of the molecule is Cn1c(NNC(=O)c2ccc(S(=O)(=O)N3CCCC3)cc2)cc(=O)n(C)c1=O. The van der Waals surface area contributed by atoms with Crippen LogP contribution in [0.15, 0.2) is 44.8 Å². The molecule has 1 aliphatic rings. The highest BCUT2D eigenvalue weighted by Gasteiger charge is 2.27. The summed E-state index contributed by atoms with van der Waals surface area (Å²) in [5.41, 5.74) is 4.09. The van der Waals surface area contributed by atoms with Crippen LogP contribution in [0.1, 0.15) is 23.2 Å². The standard InChI is InChI=1S/C17H21N5O5S/c1-20-14(11-15(23)21(2)17(20)25)18-19-16(24)12-5-7-13(8-6-12)28(26,27)22-9-3-4-10-22/h5-8,11,18H,3-4,9-10H2,1-2H3,(H,19,24). The fourth-order valence-electron chi connectivity index (χ4n) is 2.90. The molecule has 3 rings (SSSR count). The molecule has 1 aromatic heterocycles. The normalized spacial score (nSPS) is 14.8. The van der Waals surface area contributed by atoms with Gasteiger partial charge in [-0.15, -0.1) is 0 Å². The Morgan fingerprint density at radius 3 is 2.21 bits per heavy atom. The van der Waals surface area contributed by atoms with E-state index >= 15 is 0 Å². The Bertz CT molecular complexity index is 1110. The fourth-order valence-corrected chi connectivity index (χ4v) is 4.42. The molecule has 1 amide bonds. The Morgan fingerprint density at radius 2 is 1.61 bits per heavy atom. The van der Waals surface area contributed by atoms with Crippen molar-refractivity contribution in [3.63, 3.8) is 0 Å². The van der Waals surface area contributed by atoms with Gasteiger partial charge in [0, 0.05) is 38.8 Å². The topological polar surface area (TPSA) is 123 Å². The molecule has 0 bridgehead atoms. The quantitative estimate of drug-likeness (QED) is 0.652. The first kappa shape index (κ1) is 19.8. The van der Waals surface area contributed by atoms with Crippen LogP contribution in [0.4, 0.5) is 5.82 Å². The lowest BCUT2D eigenvalue weighted by Gasteiger charge is -2.16. The second-order valence-corrected chi connectivity index (χ2v) is 8.42. The number of nitrogens with one attached hydrogen (secondary N) is 2. The number of aromatic nitrogens is 2. The second kappa shape index (κ2) is 7.60. The maximum atomic E-state index is 12.5. The lowest BCUT2D eigenvalue weighted by atomic mass is 10.2. The first-order valence-electron chi connectivity index (χ1n) is 8.65. The van der Waals surface area contributed by atoms with E-state index in [2.05, 4.69) is 10.9 Å². The minimum absolute atomic E-state index is 0.120. The molecule has 0 atom stereocenters. The Morgan fingerprint density at radius 1 is 1.00 bits per heavy atom. The number of benzene rings is 1. The van der Waals surface area contributed by atoms with Crippen LogP contribution in [-0.4, -0.2) is 40.9 Å². The number of hydrogen-bond donors (Lipinski definition) is 2. The molecule has 11 heteroatoms. The third-order valence-electron chi connectivity index (χ3n) is 4.65. The zero-order valence-corrected chi connectivity index (χ0v) is 16.3. The number of anilines is 1. The van der Waals surface area contributed by atoms with Gasteiger partial charge < -0.3 is 0 Å². The van der Waals surface area contributed by atoms with E-state index in [1.807, 2.05) is 0 Å². The molecule has 1 aromatic carbocycles. The molecule has 10 nitrogen and oxygen atoms in total. The van der Waals surface area contributed by atoms with E-state index in [9.17, 15) is 22.8 Å². The van der Waals surface area contributed by atoms with Crippen molar-refractivity contribution in [2.45, 2.75) is 17.7 Å². The summed E-state index contributed by atoms with van der Waals surface area (Å²) in [7, 11) is -0.740. The largest absolute Gasteiger partial charge is 0.332 e. The van der Waals surface area contributed by atoms with E-state index in [4.69, 9.17) is 0 Å². The van der Waals surface area contributed by atoms with Crippen molar-refractivity contribution in [2.24, 2.45) is 14.1 Å². The highest BCUT2D eigenvalue weighted by Crippen LogP contribution is 2.21. The summed E-state index contributed by atoms with van der Waals surface area (Å²) in [4.78, 5) is 36.0. The number of hydrogen-bond acceptors (Lipinski definition) is 6. The lowest BCUT2D eigenvalue weighted by molar-refractivity contribution is 0.0962. The van der Waals surface area contributed by atoms with Gasteiger partial charge in [0.2, 0.25) is 10.0 Å². The minimum Gasteiger partial charge on any atom is -0.283 e.